The first-order valence-corrected chi connectivity index (χ1v) is 7.84. The first-order valence-electron chi connectivity index (χ1n) is 7.84. The minimum Gasteiger partial charge on any atom is -0.496 e. The van der Waals surface area contributed by atoms with Gasteiger partial charge in [0, 0.05) is 5.92 Å². The maximum Gasteiger partial charge on any atom is 0.309 e. The second kappa shape index (κ2) is 8.71. The highest BCUT2D eigenvalue weighted by Gasteiger charge is 2.31. The van der Waals surface area contributed by atoms with Gasteiger partial charge in [0.2, 0.25) is 0 Å². The van der Waals surface area contributed by atoms with Gasteiger partial charge < -0.3 is 9.47 Å². The highest BCUT2D eigenvalue weighted by atomic mass is 16.5. The van der Waals surface area contributed by atoms with E-state index in [-0.39, 0.29) is 17.8 Å². The van der Waals surface area contributed by atoms with E-state index in [9.17, 15) is 4.79 Å². The van der Waals surface area contributed by atoms with Crippen LogP contribution >= 0.6 is 0 Å². The second-order valence-corrected chi connectivity index (χ2v) is 5.74. The van der Waals surface area contributed by atoms with Crippen molar-refractivity contribution in [3.63, 3.8) is 0 Å². The lowest BCUT2D eigenvalue weighted by Crippen LogP contribution is -2.25. The molecule has 1 aromatic carbocycles. The molecule has 2 unspecified atom stereocenters. The Bertz CT molecular complexity index is 440. The predicted octanol–water partition coefficient (Wildman–Crippen LogP) is 4.41. The molecule has 0 aliphatic heterocycles. The van der Waals surface area contributed by atoms with Gasteiger partial charge in [-0.2, -0.15) is 0 Å². The first kappa shape index (κ1) is 17.5. The Morgan fingerprint density at radius 1 is 1.19 bits per heavy atom. The van der Waals surface area contributed by atoms with Gasteiger partial charge >= 0.3 is 5.97 Å². The van der Waals surface area contributed by atoms with E-state index >= 15 is 0 Å². The lowest BCUT2D eigenvalue weighted by atomic mass is 9.78. The van der Waals surface area contributed by atoms with E-state index in [1.165, 1.54) is 0 Å². The van der Waals surface area contributed by atoms with E-state index in [1.807, 2.05) is 32.0 Å². The summed E-state index contributed by atoms with van der Waals surface area (Å²) >= 11 is 0. The number of hydrogen-bond donors (Lipinski definition) is 0. The van der Waals surface area contributed by atoms with Gasteiger partial charge in [-0.15, -0.1) is 0 Å². The van der Waals surface area contributed by atoms with Gasteiger partial charge in [0.15, 0.2) is 0 Å². The number of ether oxygens (including phenoxy) is 2. The van der Waals surface area contributed by atoms with Crippen LogP contribution in [0.1, 0.15) is 52.0 Å². The summed E-state index contributed by atoms with van der Waals surface area (Å²) in [4.78, 5) is 12.3. The summed E-state index contributed by atoms with van der Waals surface area (Å²) in [5, 5.41) is 0. The Morgan fingerprint density at radius 3 is 2.38 bits per heavy atom. The molecule has 0 amide bonds. The maximum atomic E-state index is 12.3. The van der Waals surface area contributed by atoms with E-state index in [2.05, 4.69) is 19.9 Å². The molecule has 0 heterocycles. The van der Waals surface area contributed by atoms with Crippen molar-refractivity contribution in [1.29, 1.82) is 0 Å². The number of para-hydroxylation sites is 1. The molecule has 1 aromatic rings. The molecule has 3 nitrogen and oxygen atoms in total. The van der Waals surface area contributed by atoms with E-state index in [1.54, 1.807) is 7.11 Å². The molecule has 0 bridgehead atoms. The first-order chi connectivity index (χ1) is 10.0. The zero-order chi connectivity index (χ0) is 15.8. The highest BCUT2D eigenvalue weighted by Crippen LogP contribution is 2.38. The second-order valence-electron chi connectivity index (χ2n) is 5.74. The van der Waals surface area contributed by atoms with Crippen molar-refractivity contribution in [3.05, 3.63) is 29.8 Å². The van der Waals surface area contributed by atoms with Crippen LogP contribution in [0.4, 0.5) is 0 Å². The van der Waals surface area contributed by atoms with Crippen molar-refractivity contribution in [3.8, 4) is 5.75 Å². The molecule has 21 heavy (non-hydrogen) atoms. The van der Waals surface area contributed by atoms with Crippen molar-refractivity contribution in [1.82, 2.24) is 0 Å². The van der Waals surface area contributed by atoms with Crippen LogP contribution in [-0.2, 0) is 9.53 Å². The standard InChI is InChI=1S/C18H28O3/c1-6-14(18(19)21-7-2)16(12-13(3)4)15-10-8-9-11-17(15)20-5/h8-11,13-14,16H,6-7,12H2,1-5H3. The summed E-state index contributed by atoms with van der Waals surface area (Å²) in [5.74, 6) is 1.26. The fourth-order valence-corrected chi connectivity index (χ4v) is 2.85. The number of carbonyl (C=O) groups excluding carboxylic acids is 1. The lowest BCUT2D eigenvalue weighted by molar-refractivity contribution is -0.149. The third kappa shape index (κ3) is 4.76. The van der Waals surface area contributed by atoms with E-state index in [4.69, 9.17) is 9.47 Å². The fourth-order valence-electron chi connectivity index (χ4n) is 2.85. The van der Waals surface area contributed by atoms with Crippen LogP contribution in [0.2, 0.25) is 0 Å². The summed E-state index contributed by atoms with van der Waals surface area (Å²) in [6.45, 7) is 8.69. The Morgan fingerprint density at radius 2 is 1.86 bits per heavy atom. The van der Waals surface area contributed by atoms with Crippen LogP contribution in [0.25, 0.3) is 0 Å². The predicted molar refractivity (Wildman–Crippen MR) is 85.6 cm³/mol. The van der Waals surface area contributed by atoms with Crippen LogP contribution < -0.4 is 4.74 Å². The van der Waals surface area contributed by atoms with Crippen molar-refractivity contribution in [2.75, 3.05) is 13.7 Å². The molecule has 3 heteroatoms. The SMILES string of the molecule is CCOC(=O)C(CC)C(CC(C)C)c1ccccc1OC. The minimum atomic E-state index is -0.122. The highest BCUT2D eigenvalue weighted by molar-refractivity contribution is 5.74. The molecular weight excluding hydrogens is 264 g/mol. The number of carbonyl (C=O) groups is 1. The van der Waals surface area contributed by atoms with Crippen LogP contribution in [-0.4, -0.2) is 19.7 Å². The maximum absolute atomic E-state index is 12.3. The van der Waals surface area contributed by atoms with Crippen molar-refractivity contribution < 1.29 is 14.3 Å². The summed E-state index contributed by atoms with van der Waals surface area (Å²) in [6, 6.07) is 7.98. The number of rotatable bonds is 8. The van der Waals surface area contributed by atoms with E-state index in [0.717, 1.165) is 24.2 Å². The quantitative estimate of drug-likeness (QED) is 0.666. The Balaban J connectivity index is 3.17. The molecule has 0 saturated heterocycles. The summed E-state index contributed by atoms with van der Waals surface area (Å²) < 4.78 is 10.8. The van der Waals surface area contributed by atoms with E-state index < -0.39 is 0 Å². The third-order valence-electron chi connectivity index (χ3n) is 3.78. The summed E-state index contributed by atoms with van der Waals surface area (Å²) in [5.41, 5.74) is 1.11. The van der Waals surface area contributed by atoms with Gasteiger partial charge in [0.05, 0.1) is 19.6 Å². The molecule has 0 radical (unpaired) electrons. The molecule has 0 aliphatic carbocycles. The molecule has 0 aliphatic rings. The van der Waals surface area contributed by atoms with Crippen LogP contribution in [0.5, 0.6) is 5.75 Å². The summed E-state index contributed by atoms with van der Waals surface area (Å²) in [6.07, 6.45) is 1.71. The Labute approximate surface area is 128 Å². The van der Waals surface area contributed by atoms with Gasteiger partial charge in [-0.25, -0.2) is 0 Å². The van der Waals surface area contributed by atoms with Gasteiger partial charge in [-0.1, -0.05) is 39.0 Å². The van der Waals surface area contributed by atoms with Crippen molar-refractivity contribution >= 4 is 5.97 Å². The normalized spacial score (nSPS) is 13.8. The molecule has 0 saturated carbocycles. The average molecular weight is 292 g/mol. The molecule has 2 atom stereocenters. The third-order valence-corrected chi connectivity index (χ3v) is 3.78. The number of benzene rings is 1. The van der Waals surface area contributed by atoms with Crippen molar-refractivity contribution in [2.45, 2.75) is 46.5 Å². The molecule has 1 rings (SSSR count). The Hall–Kier alpha value is -1.51. The van der Waals surface area contributed by atoms with Crippen LogP contribution in [0.15, 0.2) is 24.3 Å². The van der Waals surface area contributed by atoms with Gasteiger partial charge in [0.1, 0.15) is 5.75 Å². The zero-order valence-electron chi connectivity index (χ0n) is 13.9. The molecule has 118 valence electrons. The zero-order valence-corrected chi connectivity index (χ0v) is 13.9. The van der Waals surface area contributed by atoms with Gasteiger partial charge in [0.25, 0.3) is 0 Å². The monoisotopic (exact) mass is 292 g/mol. The Kier molecular flexibility index (Phi) is 7.27. The van der Waals surface area contributed by atoms with Gasteiger partial charge in [-0.3, -0.25) is 4.79 Å². The number of esters is 1. The fraction of sp³-hybridized carbons (Fsp3) is 0.611. The smallest absolute Gasteiger partial charge is 0.309 e. The molecule has 0 N–H and O–H groups in total. The molecule has 0 aromatic heterocycles. The summed E-state index contributed by atoms with van der Waals surface area (Å²) in [7, 11) is 1.68. The molecular formula is C18H28O3. The largest absolute Gasteiger partial charge is 0.496 e. The van der Waals surface area contributed by atoms with Crippen LogP contribution in [0, 0.1) is 11.8 Å². The molecule has 0 fully saturated rings. The minimum absolute atomic E-state index is 0.100. The van der Waals surface area contributed by atoms with Gasteiger partial charge in [-0.05, 0) is 37.3 Å². The molecule has 0 spiro atoms. The van der Waals surface area contributed by atoms with E-state index in [0.29, 0.717) is 12.5 Å². The van der Waals surface area contributed by atoms with Crippen molar-refractivity contribution in [2.24, 2.45) is 11.8 Å². The average Bonchev–Trinajstić information content (AvgIpc) is 2.47. The van der Waals surface area contributed by atoms with Crippen LogP contribution in [0.3, 0.4) is 0 Å². The lowest BCUT2D eigenvalue weighted by Gasteiger charge is -2.28. The number of hydrogen-bond acceptors (Lipinski definition) is 3. The topological polar surface area (TPSA) is 35.5 Å². The number of methoxy groups -OCH3 is 1.